The van der Waals surface area contributed by atoms with E-state index in [1.165, 1.54) is 0 Å². The van der Waals surface area contributed by atoms with Gasteiger partial charge in [0.25, 0.3) is 0 Å². The van der Waals surface area contributed by atoms with Crippen molar-refractivity contribution in [3.8, 4) is 22.8 Å². The summed E-state index contributed by atoms with van der Waals surface area (Å²) in [4.78, 5) is 0. The minimum atomic E-state index is 0.00641. The van der Waals surface area contributed by atoms with E-state index in [1.54, 1.807) is 10.7 Å². The van der Waals surface area contributed by atoms with Gasteiger partial charge in [-0.1, -0.05) is 0 Å². The van der Waals surface area contributed by atoms with Crippen LogP contribution < -0.4 is 15.2 Å². The van der Waals surface area contributed by atoms with E-state index in [9.17, 15) is 0 Å². The fourth-order valence-electron chi connectivity index (χ4n) is 2.05. The Hall–Kier alpha value is -2.21. The molecule has 0 aliphatic carbocycles. The first kappa shape index (κ1) is 11.9. The number of fused-ring (bicyclic) bond motifs is 1. The molecule has 0 saturated heterocycles. The number of benzene rings is 1. The van der Waals surface area contributed by atoms with E-state index in [0.29, 0.717) is 25.6 Å². The molecule has 2 aromatic rings. The second kappa shape index (κ2) is 4.81. The van der Waals surface area contributed by atoms with Crippen LogP contribution in [0.3, 0.4) is 0 Å². The monoisotopic (exact) mass is 261 g/mol. The number of nitrogen functional groups attached to an aromatic ring is 1. The van der Waals surface area contributed by atoms with Crippen molar-refractivity contribution in [3.05, 3.63) is 24.3 Å². The quantitative estimate of drug-likeness (QED) is 0.857. The number of ether oxygens (including phenoxy) is 2. The van der Waals surface area contributed by atoms with Gasteiger partial charge in [0.2, 0.25) is 0 Å². The fourth-order valence-corrected chi connectivity index (χ4v) is 2.05. The summed E-state index contributed by atoms with van der Waals surface area (Å²) in [5.74, 6) is 2.00. The molecule has 0 bridgehead atoms. The lowest BCUT2D eigenvalue weighted by molar-refractivity contribution is 0.171. The normalized spacial score (nSPS) is 13.5. The number of hydrogen-bond donors (Lipinski definition) is 2. The summed E-state index contributed by atoms with van der Waals surface area (Å²) >= 11 is 0. The van der Waals surface area contributed by atoms with Crippen LogP contribution in [0.15, 0.2) is 24.3 Å². The largest absolute Gasteiger partial charge is 0.486 e. The van der Waals surface area contributed by atoms with E-state index in [0.717, 1.165) is 22.8 Å². The van der Waals surface area contributed by atoms with Crippen LogP contribution in [0.1, 0.15) is 0 Å². The van der Waals surface area contributed by atoms with Crippen LogP contribution in [0.4, 0.5) is 5.82 Å². The molecule has 2 heterocycles. The highest BCUT2D eigenvalue weighted by Crippen LogP contribution is 2.34. The van der Waals surface area contributed by atoms with Gasteiger partial charge in [0.05, 0.1) is 18.8 Å². The van der Waals surface area contributed by atoms with Gasteiger partial charge in [-0.3, -0.25) is 0 Å². The predicted molar refractivity (Wildman–Crippen MR) is 70.2 cm³/mol. The molecule has 0 fully saturated rings. The maximum absolute atomic E-state index is 8.93. The third-order valence-corrected chi connectivity index (χ3v) is 2.96. The van der Waals surface area contributed by atoms with Crippen LogP contribution in [0, 0.1) is 0 Å². The molecule has 6 heteroatoms. The highest BCUT2D eigenvalue weighted by atomic mass is 16.6. The predicted octanol–water partition coefficient (Wildman–Crippen LogP) is 0.896. The zero-order valence-corrected chi connectivity index (χ0v) is 10.4. The van der Waals surface area contributed by atoms with Crippen LogP contribution >= 0.6 is 0 Å². The molecule has 1 aromatic heterocycles. The lowest BCUT2D eigenvalue weighted by atomic mass is 10.1. The molecule has 0 amide bonds. The van der Waals surface area contributed by atoms with E-state index in [-0.39, 0.29) is 6.61 Å². The van der Waals surface area contributed by atoms with Gasteiger partial charge in [-0.2, -0.15) is 5.10 Å². The Balaban J connectivity index is 1.95. The number of nitrogens with zero attached hydrogens (tertiary/aromatic N) is 2. The molecule has 1 aliphatic heterocycles. The summed E-state index contributed by atoms with van der Waals surface area (Å²) in [5, 5.41) is 13.3. The smallest absolute Gasteiger partial charge is 0.162 e. The first-order valence-electron chi connectivity index (χ1n) is 6.12. The Morgan fingerprint density at radius 2 is 2.00 bits per heavy atom. The van der Waals surface area contributed by atoms with Crippen molar-refractivity contribution in [3.63, 3.8) is 0 Å². The zero-order chi connectivity index (χ0) is 13.2. The Kier molecular flexibility index (Phi) is 3.00. The van der Waals surface area contributed by atoms with E-state index >= 15 is 0 Å². The number of rotatable bonds is 3. The molecule has 1 aliphatic rings. The molecule has 3 N–H and O–H groups in total. The van der Waals surface area contributed by atoms with Gasteiger partial charge in [0.1, 0.15) is 19.0 Å². The van der Waals surface area contributed by atoms with Gasteiger partial charge in [-0.25, -0.2) is 4.68 Å². The molecule has 6 nitrogen and oxygen atoms in total. The van der Waals surface area contributed by atoms with Crippen molar-refractivity contribution in [1.29, 1.82) is 0 Å². The Morgan fingerprint density at radius 1 is 1.21 bits per heavy atom. The molecule has 0 atom stereocenters. The van der Waals surface area contributed by atoms with Gasteiger partial charge in [-0.15, -0.1) is 0 Å². The summed E-state index contributed by atoms with van der Waals surface area (Å²) in [6.07, 6.45) is 0. The average molecular weight is 261 g/mol. The summed E-state index contributed by atoms with van der Waals surface area (Å²) in [7, 11) is 0. The number of aliphatic hydroxyl groups is 1. The van der Waals surface area contributed by atoms with E-state index in [4.69, 9.17) is 20.3 Å². The van der Waals surface area contributed by atoms with Gasteiger partial charge in [-0.05, 0) is 18.2 Å². The second-order valence-electron chi connectivity index (χ2n) is 4.26. The second-order valence-corrected chi connectivity index (χ2v) is 4.26. The number of anilines is 1. The van der Waals surface area contributed by atoms with E-state index in [2.05, 4.69) is 5.10 Å². The topological polar surface area (TPSA) is 82.5 Å². The van der Waals surface area contributed by atoms with Crippen LogP contribution in [0.25, 0.3) is 11.3 Å². The third kappa shape index (κ3) is 2.22. The average Bonchev–Trinajstić information content (AvgIpc) is 2.80. The van der Waals surface area contributed by atoms with E-state index < -0.39 is 0 Å². The van der Waals surface area contributed by atoms with Gasteiger partial charge >= 0.3 is 0 Å². The molecular weight excluding hydrogens is 246 g/mol. The molecule has 1 aromatic carbocycles. The number of aliphatic hydroxyl groups excluding tert-OH is 1. The molecule has 3 rings (SSSR count). The molecule has 19 heavy (non-hydrogen) atoms. The summed E-state index contributed by atoms with van der Waals surface area (Å²) < 4.78 is 12.6. The fraction of sp³-hybridized carbons (Fsp3) is 0.308. The maximum Gasteiger partial charge on any atom is 0.162 e. The van der Waals surface area contributed by atoms with Crippen molar-refractivity contribution in [1.82, 2.24) is 9.78 Å². The first-order valence-corrected chi connectivity index (χ1v) is 6.12. The van der Waals surface area contributed by atoms with Crippen LogP contribution in [-0.2, 0) is 6.54 Å². The first-order chi connectivity index (χ1) is 9.28. The van der Waals surface area contributed by atoms with Crippen LogP contribution in [-0.4, -0.2) is 34.7 Å². The van der Waals surface area contributed by atoms with Gasteiger partial charge in [0.15, 0.2) is 11.5 Å². The zero-order valence-electron chi connectivity index (χ0n) is 10.4. The molecule has 0 saturated carbocycles. The van der Waals surface area contributed by atoms with Gasteiger partial charge in [0, 0.05) is 11.6 Å². The van der Waals surface area contributed by atoms with Crippen molar-refractivity contribution in [2.24, 2.45) is 0 Å². The van der Waals surface area contributed by atoms with Crippen molar-refractivity contribution in [2.45, 2.75) is 6.54 Å². The van der Waals surface area contributed by atoms with Crippen molar-refractivity contribution >= 4 is 5.82 Å². The van der Waals surface area contributed by atoms with Gasteiger partial charge < -0.3 is 20.3 Å². The molecular formula is C13H15N3O3. The van der Waals surface area contributed by atoms with Crippen LogP contribution in [0.5, 0.6) is 11.5 Å². The van der Waals surface area contributed by atoms with E-state index in [1.807, 2.05) is 18.2 Å². The summed E-state index contributed by atoms with van der Waals surface area (Å²) in [5.41, 5.74) is 7.50. The number of nitrogens with two attached hydrogens (primary N) is 1. The molecule has 0 unspecified atom stereocenters. The minimum Gasteiger partial charge on any atom is -0.486 e. The number of hydrogen-bond acceptors (Lipinski definition) is 5. The highest BCUT2D eigenvalue weighted by molar-refractivity contribution is 5.66. The van der Waals surface area contributed by atoms with Crippen molar-refractivity contribution < 1.29 is 14.6 Å². The standard InChI is InChI=1S/C13H15N3O3/c14-13-8-10(15-16(13)3-4-17)9-1-2-11-12(7-9)19-6-5-18-11/h1-2,7-8,17H,3-6,14H2. The maximum atomic E-state index is 8.93. The lowest BCUT2D eigenvalue weighted by Crippen LogP contribution is -2.15. The van der Waals surface area contributed by atoms with Crippen LogP contribution in [0.2, 0.25) is 0 Å². The molecule has 0 radical (unpaired) electrons. The molecule has 100 valence electrons. The summed E-state index contributed by atoms with van der Waals surface area (Å²) in [6, 6.07) is 7.45. The van der Waals surface area contributed by atoms with Crippen molar-refractivity contribution in [2.75, 3.05) is 25.6 Å². The SMILES string of the molecule is Nc1cc(-c2ccc3c(c2)OCCO3)nn1CCO. The highest BCUT2D eigenvalue weighted by Gasteiger charge is 2.14. The molecule has 0 spiro atoms. The summed E-state index contributed by atoms with van der Waals surface area (Å²) in [6.45, 7) is 1.52. The Labute approximate surface area is 110 Å². The Morgan fingerprint density at radius 3 is 2.79 bits per heavy atom. The third-order valence-electron chi connectivity index (χ3n) is 2.96. The Bertz CT molecular complexity index is 595. The minimum absolute atomic E-state index is 0.00641. The lowest BCUT2D eigenvalue weighted by Gasteiger charge is -2.18. The number of aromatic nitrogens is 2.